The number of H-pyrrole nitrogens is 1. The average Bonchev–Trinajstić information content (AvgIpc) is 2.49. The van der Waals surface area contributed by atoms with Gasteiger partial charge >= 0.3 is 0 Å². The standard InChI is InChI=1S/C11H13N3O/c1-6-10(7(2)14-13-6)11-8(12)4-3-5-9(11)15/h3-5,15H,12H2,1-2H3,(H,13,14). The minimum atomic E-state index is 0.183. The molecule has 0 aliphatic rings. The highest BCUT2D eigenvalue weighted by atomic mass is 16.3. The zero-order chi connectivity index (χ0) is 11.0. The van der Waals surface area contributed by atoms with Crippen molar-refractivity contribution in [2.24, 2.45) is 0 Å². The summed E-state index contributed by atoms with van der Waals surface area (Å²) in [5.41, 5.74) is 9.68. The molecule has 0 amide bonds. The third-order valence-electron chi connectivity index (χ3n) is 2.45. The van der Waals surface area contributed by atoms with Gasteiger partial charge in [0.1, 0.15) is 5.75 Å². The number of rotatable bonds is 1. The first kappa shape index (κ1) is 9.58. The second kappa shape index (κ2) is 3.31. The zero-order valence-electron chi connectivity index (χ0n) is 8.70. The molecule has 0 radical (unpaired) electrons. The molecule has 0 spiro atoms. The van der Waals surface area contributed by atoms with Crippen molar-refractivity contribution in [2.45, 2.75) is 13.8 Å². The van der Waals surface area contributed by atoms with E-state index in [-0.39, 0.29) is 5.75 Å². The summed E-state index contributed by atoms with van der Waals surface area (Å²) in [6.45, 7) is 3.78. The summed E-state index contributed by atoms with van der Waals surface area (Å²) in [5.74, 6) is 0.183. The van der Waals surface area contributed by atoms with Crippen molar-refractivity contribution in [3.05, 3.63) is 29.6 Å². The maximum atomic E-state index is 9.79. The van der Waals surface area contributed by atoms with Crippen LogP contribution in [-0.4, -0.2) is 15.3 Å². The molecule has 4 N–H and O–H groups in total. The number of aromatic nitrogens is 2. The minimum absolute atomic E-state index is 0.183. The number of phenols is 1. The Hall–Kier alpha value is -1.97. The topological polar surface area (TPSA) is 74.9 Å². The van der Waals surface area contributed by atoms with Crippen LogP contribution in [0.5, 0.6) is 5.75 Å². The Labute approximate surface area is 87.7 Å². The molecule has 2 rings (SSSR count). The predicted molar refractivity (Wildman–Crippen MR) is 59.6 cm³/mol. The molecule has 4 heteroatoms. The number of anilines is 1. The average molecular weight is 203 g/mol. The van der Waals surface area contributed by atoms with Crippen LogP contribution in [0.1, 0.15) is 11.4 Å². The first-order chi connectivity index (χ1) is 7.11. The van der Waals surface area contributed by atoms with Gasteiger partial charge in [-0.25, -0.2) is 0 Å². The van der Waals surface area contributed by atoms with Gasteiger partial charge < -0.3 is 10.8 Å². The molecule has 0 aliphatic carbocycles. The number of hydrogen-bond acceptors (Lipinski definition) is 3. The number of phenolic OH excluding ortho intramolecular Hbond substituents is 1. The number of nitrogen functional groups attached to an aromatic ring is 1. The third-order valence-corrected chi connectivity index (χ3v) is 2.45. The van der Waals surface area contributed by atoms with Gasteiger partial charge in [0.15, 0.2) is 0 Å². The molecule has 78 valence electrons. The smallest absolute Gasteiger partial charge is 0.125 e. The fourth-order valence-electron chi connectivity index (χ4n) is 1.75. The first-order valence-corrected chi connectivity index (χ1v) is 4.70. The van der Waals surface area contributed by atoms with Gasteiger partial charge in [-0.2, -0.15) is 5.10 Å². The molecule has 1 aromatic heterocycles. The van der Waals surface area contributed by atoms with Gasteiger partial charge in [0.2, 0.25) is 0 Å². The van der Waals surface area contributed by atoms with Crippen LogP contribution in [0, 0.1) is 13.8 Å². The third kappa shape index (κ3) is 1.44. The fourth-order valence-corrected chi connectivity index (χ4v) is 1.75. The summed E-state index contributed by atoms with van der Waals surface area (Å²) in [6.07, 6.45) is 0. The molecule has 0 fully saturated rings. The molecule has 0 bridgehead atoms. The summed E-state index contributed by atoms with van der Waals surface area (Å²) in [7, 11) is 0. The van der Waals surface area contributed by atoms with Crippen LogP contribution < -0.4 is 5.73 Å². The van der Waals surface area contributed by atoms with Crippen LogP contribution in [0.15, 0.2) is 18.2 Å². The van der Waals surface area contributed by atoms with Crippen molar-refractivity contribution < 1.29 is 5.11 Å². The monoisotopic (exact) mass is 203 g/mol. The molecule has 2 aromatic rings. The van der Waals surface area contributed by atoms with Gasteiger partial charge in [-0.05, 0) is 26.0 Å². The van der Waals surface area contributed by atoms with E-state index in [4.69, 9.17) is 5.73 Å². The van der Waals surface area contributed by atoms with Crippen LogP contribution >= 0.6 is 0 Å². The summed E-state index contributed by atoms with van der Waals surface area (Å²) in [4.78, 5) is 0. The lowest BCUT2D eigenvalue weighted by Gasteiger charge is -2.07. The molecule has 0 saturated carbocycles. The Morgan fingerprint density at radius 3 is 2.53 bits per heavy atom. The van der Waals surface area contributed by atoms with Crippen molar-refractivity contribution in [3.8, 4) is 16.9 Å². The molecular weight excluding hydrogens is 190 g/mol. The molecule has 0 unspecified atom stereocenters. The molecular formula is C11H13N3O. The largest absolute Gasteiger partial charge is 0.507 e. The molecule has 1 heterocycles. The number of nitrogens with zero attached hydrogens (tertiary/aromatic N) is 1. The number of benzene rings is 1. The van der Waals surface area contributed by atoms with Crippen LogP contribution in [0.4, 0.5) is 5.69 Å². The van der Waals surface area contributed by atoms with Crippen LogP contribution in [0.3, 0.4) is 0 Å². The van der Waals surface area contributed by atoms with Gasteiger partial charge in [0.25, 0.3) is 0 Å². The Morgan fingerprint density at radius 1 is 1.27 bits per heavy atom. The van der Waals surface area contributed by atoms with Gasteiger partial charge in [-0.15, -0.1) is 0 Å². The first-order valence-electron chi connectivity index (χ1n) is 4.70. The normalized spacial score (nSPS) is 10.5. The molecule has 15 heavy (non-hydrogen) atoms. The maximum Gasteiger partial charge on any atom is 0.125 e. The van der Waals surface area contributed by atoms with E-state index in [1.807, 2.05) is 13.8 Å². The Balaban J connectivity index is 2.74. The van der Waals surface area contributed by atoms with Gasteiger partial charge in [-0.1, -0.05) is 6.07 Å². The Morgan fingerprint density at radius 2 is 2.00 bits per heavy atom. The van der Waals surface area contributed by atoms with Crippen LogP contribution in [0.25, 0.3) is 11.1 Å². The molecule has 4 nitrogen and oxygen atoms in total. The van der Waals surface area contributed by atoms with Crippen LogP contribution in [0.2, 0.25) is 0 Å². The zero-order valence-corrected chi connectivity index (χ0v) is 8.70. The number of nitrogens with two attached hydrogens (primary N) is 1. The summed E-state index contributed by atoms with van der Waals surface area (Å²) in [6, 6.07) is 5.11. The lowest BCUT2D eigenvalue weighted by atomic mass is 10.0. The van der Waals surface area contributed by atoms with Crippen LogP contribution in [-0.2, 0) is 0 Å². The van der Waals surface area contributed by atoms with Gasteiger partial charge in [-0.3, -0.25) is 5.10 Å². The highest BCUT2D eigenvalue weighted by molar-refractivity contribution is 5.84. The highest BCUT2D eigenvalue weighted by Crippen LogP contribution is 2.37. The number of aromatic hydroxyl groups is 1. The SMILES string of the molecule is Cc1n[nH]c(C)c1-c1c(N)cccc1O. The van der Waals surface area contributed by atoms with Crippen molar-refractivity contribution in [2.75, 3.05) is 5.73 Å². The number of nitrogens with one attached hydrogen (secondary N) is 1. The number of aromatic amines is 1. The van der Waals surface area contributed by atoms with E-state index < -0.39 is 0 Å². The lowest BCUT2D eigenvalue weighted by molar-refractivity contribution is 0.477. The Kier molecular flexibility index (Phi) is 2.11. The second-order valence-corrected chi connectivity index (χ2v) is 3.55. The van der Waals surface area contributed by atoms with Crippen molar-refractivity contribution >= 4 is 5.69 Å². The second-order valence-electron chi connectivity index (χ2n) is 3.55. The van der Waals surface area contributed by atoms with E-state index in [0.29, 0.717) is 11.3 Å². The van der Waals surface area contributed by atoms with E-state index in [2.05, 4.69) is 10.2 Å². The van der Waals surface area contributed by atoms with E-state index in [1.165, 1.54) is 0 Å². The van der Waals surface area contributed by atoms with E-state index in [0.717, 1.165) is 17.0 Å². The highest BCUT2D eigenvalue weighted by Gasteiger charge is 2.15. The van der Waals surface area contributed by atoms with Gasteiger partial charge in [0.05, 0.1) is 11.3 Å². The summed E-state index contributed by atoms with van der Waals surface area (Å²) in [5, 5.41) is 16.7. The lowest BCUT2D eigenvalue weighted by Crippen LogP contribution is -1.92. The summed E-state index contributed by atoms with van der Waals surface area (Å²) < 4.78 is 0. The van der Waals surface area contributed by atoms with Crippen molar-refractivity contribution in [1.82, 2.24) is 10.2 Å². The van der Waals surface area contributed by atoms with E-state index in [9.17, 15) is 5.11 Å². The molecule has 1 aromatic carbocycles. The minimum Gasteiger partial charge on any atom is -0.507 e. The number of aryl methyl sites for hydroxylation is 2. The maximum absolute atomic E-state index is 9.79. The van der Waals surface area contributed by atoms with Crippen molar-refractivity contribution in [3.63, 3.8) is 0 Å². The number of hydrogen-bond donors (Lipinski definition) is 3. The van der Waals surface area contributed by atoms with E-state index in [1.54, 1.807) is 18.2 Å². The van der Waals surface area contributed by atoms with Gasteiger partial charge in [0, 0.05) is 16.9 Å². The van der Waals surface area contributed by atoms with E-state index >= 15 is 0 Å². The quantitative estimate of drug-likeness (QED) is 0.620. The Bertz CT molecular complexity index is 463. The molecule has 0 aliphatic heterocycles. The molecule has 0 saturated heterocycles. The predicted octanol–water partition coefficient (Wildman–Crippen LogP) is 1.98. The molecule has 0 atom stereocenters. The summed E-state index contributed by atoms with van der Waals surface area (Å²) >= 11 is 0. The fraction of sp³-hybridized carbons (Fsp3) is 0.182. The van der Waals surface area contributed by atoms with Crippen molar-refractivity contribution in [1.29, 1.82) is 0 Å².